The molecule has 1 aromatic heterocycles. The van der Waals surface area contributed by atoms with Gasteiger partial charge in [-0.15, -0.1) is 0 Å². The third-order valence-electron chi connectivity index (χ3n) is 4.69. The van der Waals surface area contributed by atoms with Gasteiger partial charge in [0.25, 0.3) is 5.91 Å². The Bertz CT molecular complexity index is 1120. The minimum absolute atomic E-state index is 0.166. The van der Waals surface area contributed by atoms with Crippen molar-refractivity contribution in [3.8, 4) is 5.75 Å². The standard InChI is InChI=1S/C23H22Cl2N4O2/c1-4-18-21(22(25)28-13-27-18)19(26-3)12-31-20-11-15(6-5-14(20)2)23(30)29-17-9-7-16(24)8-10-17/h5-11,13H,4,12H2,1-3H3,(H,29,30). The Kier molecular flexibility index (Phi) is 7.60. The predicted octanol–water partition coefficient (Wildman–Crippen LogP) is 5.40. The van der Waals surface area contributed by atoms with Gasteiger partial charge in [-0.2, -0.15) is 0 Å². The fourth-order valence-electron chi connectivity index (χ4n) is 2.98. The third-order valence-corrected chi connectivity index (χ3v) is 5.23. The first kappa shape index (κ1) is 22.7. The molecular weight excluding hydrogens is 435 g/mol. The second kappa shape index (κ2) is 10.4. The number of anilines is 1. The molecule has 0 saturated carbocycles. The van der Waals surface area contributed by atoms with E-state index < -0.39 is 0 Å². The molecule has 0 saturated heterocycles. The van der Waals surface area contributed by atoms with Crippen LogP contribution in [0.25, 0.3) is 0 Å². The van der Waals surface area contributed by atoms with Crippen molar-refractivity contribution in [3.05, 3.63) is 81.4 Å². The van der Waals surface area contributed by atoms with Crippen LogP contribution >= 0.6 is 23.2 Å². The number of ether oxygens (including phenoxy) is 1. The van der Waals surface area contributed by atoms with Crippen LogP contribution in [0.4, 0.5) is 5.69 Å². The van der Waals surface area contributed by atoms with E-state index in [1.165, 1.54) is 6.33 Å². The van der Waals surface area contributed by atoms with E-state index in [4.69, 9.17) is 27.9 Å². The van der Waals surface area contributed by atoms with Crippen molar-refractivity contribution in [2.24, 2.45) is 4.99 Å². The zero-order valence-electron chi connectivity index (χ0n) is 17.4. The number of benzene rings is 2. The third kappa shape index (κ3) is 5.60. The lowest BCUT2D eigenvalue weighted by Crippen LogP contribution is -2.18. The number of hydrogen-bond acceptors (Lipinski definition) is 5. The predicted molar refractivity (Wildman–Crippen MR) is 125 cm³/mol. The molecule has 1 heterocycles. The van der Waals surface area contributed by atoms with Gasteiger partial charge in [-0.05, 0) is 55.3 Å². The Morgan fingerprint density at radius 1 is 1.13 bits per heavy atom. The molecule has 31 heavy (non-hydrogen) atoms. The van der Waals surface area contributed by atoms with Crippen molar-refractivity contribution in [3.63, 3.8) is 0 Å². The van der Waals surface area contributed by atoms with E-state index in [1.807, 2.05) is 19.9 Å². The van der Waals surface area contributed by atoms with Crippen molar-refractivity contribution in [1.29, 1.82) is 0 Å². The van der Waals surface area contributed by atoms with E-state index in [9.17, 15) is 4.79 Å². The molecule has 0 fully saturated rings. The van der Waals surface area contributed by atoms with Crippen LogP contribution in [-0.4, -0.2) is 35.2 Å². The molecule has 0 radical (unpaired) electrons. The van der Waals surface area contributed by atoms with Gasteiger partial charge in [0.1, 0.15) is 23.8 Å². The molecule has 1 N–H and O–H groups in total. The normalized spacial score (nSPS) is 11.3. The van der Waals surface area contributed by atoms with Crippen LogP contribution in [0.15, 0.2) is 53.8 Å². The van der Waals surface area contributed by atoms with E-state index in [-0.39, 0.29) is 12.5 Å². The number of rotatable bonds is 7. The average Bonchev–Trinajstić information content (AvgIpc) is 2.77. The van der Waals surface area contributed by atoms with Crippen LogP contribution in [0.5, 0.6) is 5.75 Å². The molecule has 3 rings (SSSR count). The van der Waals surface area contributed by atoms with Gasteiger partial charge in [0.05, 0.1) is 17.0 Å². The number of aromatic nitrogens is 2. The molecule has 0 unspecified atom stereocenters. The first-order valence-electron chi connectivity index (χ1n) is 9.68. The maximum absolute atomic E-state index is 12.6. The van der Waals surface area contributed by atoms with Gasteiger partial charge in [0.15, 0.2) is 0 Å². The van der Waals surface area contributed by atoms with Crippen molar-refractivity contribution in [1.82, 2.24) is 9.97 Å². The molecule has 0 bridgehead atoms. The summed E-state index contributed by atoms with van der Waals surface area (Å²) >= 11 is 12.2. The van der Waals surface area contributed by atoms with Crippen LogP contribution in [0.3, 0.4) is 0 Å². The minimum atomic E-state index is -0.246. The molecule has 1 amide bonds. The average molecular weight is 457 g/mol. The number of carbonyl (C=O) groups excluding carboxylic acids is 1. The van der Waals surface area contributed by atoms with Gasteiger partial charge in [-0.1, -0.05) is 36.2 Å². The van der Waals surface area contributed by atoms with Gasteiger partial charge in [-0.3, -0.25) is 9.79 Å². The summed E-state index contributed by atoms with van der Waals surface area (Å²) in [6.45, 7) is 4.07. The van der Waals surface area contributed by atoms with Crippen LogP contribution in [0, 0.1) is 6.92 Å². The Hall–Kier alpha value is -2.96. The molecular formula is C23H22Cl2N4O2. The van der Waals surface area contributed by atoms with Crippen LogP contribution in [0.2, 0.25) is 10.2 Å². The summed E-state index contributed by atoms with van der Waals surface area (Å²) in [6, 6.07) is 12.2. The number of amides is 1. The molecule has 2 aromatic carbocycles. The van der Waals surface area contributed by atoms with Gasteiger partial charge in [0.2, 0.25) is 0 Å². The monoisotopic (exact) mass is 456 g/mol. The number of halogens is 2. The van der Waals surface area contributed by atoms with E-state index in [0.29, 0.717) is 44.9 Å². The summed E-state index contributed by atoms with van der Waals surface area (Å²) in [6.07, 6.45) is 2.13. The Morgan fingerprint density at radius 2 is 1.87 bits per heavy atom. The SMILES string of the molecule is CCc1ncnc(Cl)c1C(COc1cc(C(=O)Nc2ccc(Cl)cc2)ccc1C)=NC. The van der Waals surface area contributed by atoms with Gasteiger partial charge >= 0.3 is 0 Å². The van der Waals surface area contributed by atoms with Crippen molar-refractivity contribution in [2.75, 3.05) is 19.0 Å². The lowest BCUT2D eigenvalue weighted by Gasteiger charge is -2.14. The molecule has 3 aromatic rings. The number of aryl methyl sites for hydroxylation is 2. The number of nitrogens with one attached hydrogen (secondary N) is 1. The lowest BCUT2D eigenvalue weighted by atomic mass is 10.1. The van der Waals surface area contributed by atoms with Crippen LogP contribution in [0.1, 0.15) is 34.1 Å². The first-order valence-corrected chi connectivity index (χ1v) is 10.4. The molecule has 8 heteroatoms. The van der Waals surface area contributed by atoms with E-state index in [1.54, 1.807) is 43.4 Å². The second-order valence-corrected chi connectivity index (χ2v) is 7.53. The molecule has 160 valence electrons. The smallest absolute Gasteiger partial charge is 0.255 e. The Labute approximate surface area is 191 Å². The van der Waals surface area contributed by atoms with Gasteiger partial charge in [-0.25, -0.2) is 9.97 Å². The quantitative estimate of drug-likeness (QED) is 0.381. The van der Waals surface area contributed by atoms with E-state index in [0.717, 1.165) is 11.3 Å². The highest BCUT2D eigenvalue weighted by atomic mass is 35.5. The van der Waals surface area contributed by atoms with E-state index >= 15 is 0 Å². The zero-order valence-corrected chi connectivity index (χ0v) is 19.0. The summed E-state index contributed by atoms with van der Waals surface area (Å²) in [7, 11) is 1.67. The molecule has 0 aliphatic rings. The van der Waals surface area contributed by atoms with E-state index in [2.05, 4.69) is 20.3 Å². The van der Waals surface area contributed by atoms with Gasteiger partial charge in [0, 0.05) is 23.3 Å². The number of nitrogens with zero attached hydrogens (tertiary/aromatic N) is 3. The fourth-order valence-corrected chi connectivity index (χ4v) is 3.37. The summed E-state index contributed by atoms with van der Waals surface area (Å²) in [4.78, 5) is 25.3. The molecule has 0 aliphatic heterocycles. The number of carbonyl (C=O) groups is 1. The van der Waals surface area contributed by atoms with Gasteiger partial charge < -0.3 is 10.1 Å². The molecule has 0 aliphatic carbocycles. The van der Waals surface area contributed by atoms with Crippen molar-refractivity contribution >= 4 is 40.5 Å². The first-order chi connectivity index (χ1) is 14.9. The largest absolute Gasteiger partial charge is 0.487 e. The summed E-state index contributed by atoms with van der Waals surface area (Å²) in [5.41, 5.74) is 4.15. The maximum atomic E-state index is 12.6. The highest BCUT2D eigenvalue weighted by Crippen LogP contribution is 2.23. The summed E-state index contributed by atoms with van der Waals surface area (Å²) in [5.74, 6) is 0.334. The second-order valence-electron chi connectivity index (χ2n) is 6.74. The molecule has 6 nitrogen and oxygen atoms in total. The van der Waals surface area contributed by atoms with Crippen LogP contribution < -0.4 is 10.1 Å². The summed E-state index contributed by atoms with van der Waals surface area (Å²) < 4.78 is 6.01. The highest BCUT2D eigenvalue weighted by molar-refractivity contribution is 6.33. The topological polar surface area (TPSA) is 76.5 Å². The van der Waals surface area contributed by atoms with Crippen molar-refractivity contribution in [2.45, 2.75) is 20.3 Å². The Morgan fingerprint density at radius 3 is 2.55 bits per heavy atom. The molecule has 0 atom stereocenters. The Balaban J connectivity index is 1.78. The minimum Gasteiger partial charge on any atom is -0.487 e. The van der Waals surface area contributed by atoms with Crippen molar-refractivity contribution < 1.29 is 9.53 Å². The maximum Gasteiger partial charge on any atom is 0.255 e. The molecule has 0 spiro atoms. The number of aliphatic imine (C=N–C) groups is 1. The van der Waals surface area contributed by atoms with Crippen LogP contribution in [-0.2, 0) is 6.42 Å². The number of hydrogen-bond donors (Lipinski definition) is 1. The fraction of sp³-hybridized carbons (Fsp3) is 0.217. The zero-order chi connectivity index (χ0) is 22.4. The lowest BCUT2D eigenvalue weighted by molar-refractivity contribution is 0.102. The summed E-state index contributed by atoms with van der Waals surface area (Å²) in [5, 5.41) is 3.79. The highest BCUT2D eigenvalue weighted by Gasteiger charge is 2.16.